The molecule has 1 saturated carbocycles. The van der Waals surface area contributed by atoms with Crippen molar-refractivity contribution in [3.8, 4) is 17.1 Å². The average Bonchev–Trinajstić information content (AvgIpc) is 3.21. The number of hydrogen-bond donors (Lipinski definition) is 1. The van der Waals surface area contributed by atoms with Crippen molar-refractivity contribution in [1.82, 2.24) is 20.3 Å². The van der Waals surface area contributed by atoms with E-state index in [1.54, 1.807) is 42.9 Å². The molecule has 2 heterocycles. The highest BCUT2D eigenvalue weighted by atomic mass is 35.5. The first kappa shape index (κ1) is 19.3. The van der Waals surface area contributed by atoms with Crippen LogP contribution in [0.2, 0.25) is 5.02 Å². The molecular weight excluding hydrogens is 388 g/mol. The molecule has 0 unspecified atom stereocenters. The lowest BCUT2D eigenvalue weighted by Crippen LogP contribution is -2.39. The van der Waals surface area contributed by atoms with Crippen molar-refractivity contribution >= 4 is 17.5 Å². The number of aromatic nitrogens is 3. The van der Waals surface area contributed by atoms with Gasteiger partial charge in [-0.25, -0.2) is 9.97 Å². The predicted molar refractivity (Wildman–Crippen MR) is 111 cm³/mol. The second kappa shape index (κ2) is 9.01. The highest BCUT2D eigenvalue weighted by molar-refractivity contribution is 6.30. The summed E-state index contributed by atoms with van der Waals surface area (Å²) in [6.07, 6.45) is 7.89. The standard InChI is InChI=1S/C22H21ClN4O2/c23-16-7-9-17(10-8-16)29-14-15-4-1-6-19(15)27-22(28)20-18(5-2-11-24-20)21-25-12-3-13-26-21/h2-3,5,7-13,15,19H,1,4,6,14H2,(H,27,28)/t15-,19+/m1/s1. The van der Waals surface area contributed by atoms with E-state index >= 15 is 0 Å². The zero-order valence-electron chi connectivity index (χ0n) is 15.8. The molecule has 1 N–H and O–H groups in total. The number of carbonyl (C=O) groups is 1. The molecule has 4 rings (SSSR count). The number of pyridine rings is 1. The maximum atomic E-state index is 13.0. The maximum absolute atomic E-state index is 13.0. The molecular formula is C22H21ClN4O2. The molecule has 7 heteroatoms. The van der Waals surface area contributed by atoms with Crippen molar-refractivity contribution in [3.05, 3.63) is 71.8 Å². The Hall–Kier alpha value is -2.99. The summed E-state index contributed by atoms with van der Waals surface area (Å²) < 4.78 is 5.91. The Balaban J connectivity index is 1.43. The first-order valence-electron chi connectivity index (χ1n) is 9.62. The lowest BCUT2D eigenvalue weighted by atomic mass is 10.0. The van der Waals surface area contributed by atoms with Gasteiger partial charge in [0.15, 0.2) is 5.82 Å². The SMILES string of the molecule is O=C(N[C@H]1CCC[C@@H]1COc1ccc(Cl)cc1)c1ncccc1-c1ncccn1. The molecule has 0 saturated heterocycles. The van der Waals surface area contributed by atoms with Gasteiger partial charge in [0.1, 0.15) is 11.4 Å². The van der Waals surface area contributed by atoms with E-state index in [9.17, 15) is 4.79 Å². The van der Waals surface area contributed by atoms with E-state index in [-0.39, 0.29) is 17.9 Å². The number of amides is 1. The zero-order valence-corrected chi connectivity index (χ0v) is 16.5. The minimum atomic E-state index is -0.212. The summed E-state index contributed by atoms with van der Waals surface area (Å²) in [5.74, 6) is 1.30. The lowest BCUT2D eigenvalue weighted by molar-refractivity contribution is 0.0914. The molecule has 3 aromatic rings. The van der Waals surface area contributed by atoms with E-state index < -0.39 is 0 Å². The van der Waals surface area contributed by atoms with Crippen LogP contribution in [0.3, 0.4) is 0 Å². The van der Waals surface area contributed by atoms with Crippen LogP contribution in [0.25, 0.3) is 11.4 Å². The Kier molecular flexibility index (Phi) is 6.00. The van der Waals surface area contributed by atoms with Gasteiger partial charge in [-0.1, -0.05) is 18.0 Å². The summed E-state index contributed by atoms with van der Waals surface area (Å²) in [6, 6.07) is 12.7. The fourth-order valence-corrected chi connectivity index (χ4v) is 3.73. The number of halogens is 1. The lowest BCUT2D eigenvalue weighted by Gasteiger charge is -2.21. The smallest absolute Gasteiger partial charge is 0.270 e. The minimum Gasteiger partial charge on any atom is -0.493 e. The van der Waals surface area contributed by atoms with Gasteiger partial charge in [0.2, 0.25) is 0 Å². The molecule has 2 atom stereocenters. The molecule has 1 aromatic carbocycles. The summed E-state index contributed by atoms with van der Waals surface area (Å²) in [7, 11) is 0. The van der Waals surface area contributed by atoms with Crippen LogP contribution in [0.1, 0.15) is 29.8 Å². The van der Waals surface area contributed by atoms with Gasteiger partial charge in [-0.05, 0) is 55.3 Å². The Labute approximate surface area is 174 Å². The third-order valence-corrected chi connectivity index (χ3v) is 5.33. The summed E-state index contributed by atoms with van der Waals surface area (Å²) in [5.41, 5.74) is 0.959. The van der Waals surface area contributed by atoms with Crippen LogP contribution < -0.4 is 10.1 Å². The van der Waals surface area contributed by atoms with Crippen LogP contribution in [0.4, 0.5) is 0 Å². The van der Waals surface area contributed by atoms with Crippen molar-refractivity contribution < 1.29 is 9.53 Å². The van der Waals surface area contributed by atoms with Crippen LogP contribution in [0.15, 0.2) is 61.1 Å². The predicted octanol–water partition coefficient (Wildman–Crippen LogP) is 4.17. The van der Waals surface area contributed by atoms with E-state index in [0.717, 1.165) is 25.0 Å². The van der Waals surface area contributed by atoms with E-state index in [1.807, 2.05) is 18.2 Å². The van der Waals surface area contributed by atoms with Gasteiger partial charge in [-0.15, -0.1) is 0 Å². The van der Waals surface area contributed by atoms with Crippen molar-refractivity contribution in [2.75, 3.05) is 6.61 Å². The number of hydrogen-bond acceptors (Lipinski definition) is 5. The Bertz CT molecular complexity index is 966. The van der Waals surface area contributed by atoms with Gasteiger partial charge in [0.25, 0.3) is 5.91 Å². The monoisotopic (exact) mass is 408 g/mol. The number of carbonyl (C=O) groups excluding carboxylic acids is 1. The largest absolute Gasteiger partial charge is 0.493 e. The second-order valence-corrected chi connectivity index (χ2v) is 7.44. The van der Waals surface area contributed by atoms with E-state index in [0.29, 0.717) is 28.7 Å². The quantitative estimate of drug-likeness (QED) is 0.662. The topological polar surface area (TPSA) is 77.0 Å². The highest BCUT2D eigenvalue weighted by Gasteiger charge is 2.30. The number of benzene rings is 1. The molecule has 2 aromatic heterocycles. The number of nitrogens with zero attached hydrogens (tertiary/aromatic N) is 3. The fourth-order valence-electron chi connectivity index (χ4n) is 3.60. The van der Waals surface area contributed by atoms with E-state index in [2.05, 4.69) is 20.3 Å². The van der Waals surface area contributed by atoms with Crippen LogP contribution in [0.5, 0.6) is 5.75 Å². The summed E-state index contributed by atoms with van der Waals surface area (Å²) >= 11 is 5.92. The molecule has 0 spiro atoms. The highest BCUT2D eigenvalue weighted by Crippen LogP contribution is 2.28. The first-order chi connectivity index (χ1) is 14.2. The van der Waals surface area contributed by atoms with Crippen LogP contribution in [-0.4, -0.2) is 33.5 Å². The molecule has 1 amide bonds. The van der Waals surface area contributed by atoms with Gasteiger partial charge in [-0.3, -0.25) is 9.78 Å². The first-order valence-corrected chi connectivity index (χ1v) is 10.00. The fraction of sp³-hybridized carbons (Fsp3) is 0.273. The third-order valence-electron chi connectivity index (χ3n) is 5.08. The summed E-state index contributed by atoms with van der Waals surface area (Å²) in [6.45, 7) is 0.545. The van der Waals surface area contributed by atoms with Gasteiger partial charge >= 0.3 is 0 Å². The third kappa shape index (κ3) is 4.71. The molecule has 1 aliphatic rings. The molecule has 1 fully saturated rings. The number of ether oxygens (including phenoxy) is 1. The minimum absolute atomic E-state index is 0.0429. The molecule has 29 heavy (non-hydrogen) atoms. The molecule has 6 nitrogen and oxygen atoms in total. The molecule has 0 aliphatic heterocycles. The van der Waals surface area contributed by atoms with Crippen molar-refractivity contribution in [1.29, 1.82) is 0 Å². The van der Waals surface area contributed by atoms with Crippen molar-refractivity contribution in [3.63, 3.8) is 0 Å². The zero-order chi connectivity index (χ0) is 20.1. The van der Waals surface area contributed by atoms with E-state index in [4.69, 9.17) is 16.3 Å². The van der Waals surface area contributed by atoms with E-state index in [1.165, 1.54) is 0 Å². The van der Waals surface area contributed by atoms with Gasteiger partial charge in [0.05, 0.1) is 12.2 Å². The van der Waals surface area contributed by atoms with Crippen molar-refractivity contribution in [2.24, 2.45) is 5.92 Å². The second-order valence-electron chi connectivity index (χ2n) is 7.01. The maximum Gasteiger partial charge on any atom is 0.270 e. The number of rotatable bonds is 6. The van der Waals surface area contributed by atoms with Gasteiger partial charge in [0, 0.05) is 35.6 Å². The number of nitrogens with one attached hydrogen (secondary N) is 1. The van der Waals surface area contributed by atoms with Gasteiger partial charge in [-0.2, -0.15) is 0 Å². The summed E-state index contributed by atoms with van der Waals surface area (Å²) in [4.78, 5) is 25.8. The van der Waals surface area contributed by atoms with Crippen molar-refractivity contribution in [2.45, 2.75) is 25.3 Å². The summed E-state index contributed by atoms with van der Waals surface area (Å²) in [5, 5.41) is 3.82. The Morgan fingerprint density at radius 3 is 2.59 bits per heavy atom. The molecule has 0 bridgehead atoms. The van der Waals surface area contributed by atoms with Gasteiger partial charge < -0.3 is 10.1 Å². The average molecular weight is 409 g/mol. The molecule has 148 valence electrons. The Morgan fingerprint density at radius 2 is 1.79 bits per heavy atom. The molecule has 0 radical (unpaired) electrons. The van der Waals surface area contributed by atoms with Crippen LogP contribution in [0, 0.1) is 5.92 Å². The molecule has 1 aliphatic carbocycles. The van der Waals surface area contributed by atoms with Crippen LogP contribution >= 0.6 is 11.6 Å². The Morgan fingerprint density at radius 1 is 1.03 bits per heavy atom. The van der Waals surface area contributed by atoms with Crippen LogP contribution in [-0.2, 0) is 0 Å². The normalized spacial score (nSPS) is 18.4.